The van der Waals surface area contributed by atoms with Crippen LogP contribution < -0.4 is 15.5 Å². The van der Waals surface area contributed by atoms with E-state index in [1.165, 1.54) is 6.07 Å². The molecule has 2 amide bonds. The minimum absolute atomic E-state index is 0.181. The van der Waals surface area contributed by atoms with Crippen LogP contribution in [0.1, 0.15) is 11.6 Å². The highest BCUT2D eigenvalue weighted by Gasteiger charge is 2.27. The molecule has 2 aromatic carbocycles. The van der Waals surface area contributed by atoms with E-state index < -0.39 is 11.8 Å². The zero-order valence-corrected chi connectivity index (χ0v) is 19.2. The number of anilines is 2. The summed E-state index contributed by atoms with van der Waals surface area (Å²) < 4.78 is 14.2. The van der Waals surface area contributed by atoms with Gasteiger partial charge in [-0.2, -0.15) is 0 Å². The maximum absolute atomic E-state index is 14.2. The lowest BCUT2D eigenvalue weighted by atomic mass is 10.1. The molecule has 7 nitrogen and oxygen atoms in total. The van der Waals surface area contributed by atoms with Gasteiger partial charge in [0.15, 0.2) is 0 Å². The lowest BCUT2D eigenvalue weighted by Gasteiger charge is -2.40. The Morgan fingerprint density at radius 1 is 1.00 bits per heavy atom. The number of carbonyl (C=O) groups excluding carboxylic acids is 2. The van der Waals surface area contributed by atoms with Gasteiger partial charge in [-0.1, -0.05) is 35.9 Å². The molecule has 0 spiro atoms. The molecule has 1 fully saturated rings. The Hall–Kier alpha value is -3.49. The summed E-state index contributed by atoms with van der Waals surface area (Å²) in [4.78, 5) is 33.3. The first-order valence-corrected chi connectivity index (χ1v) is 11.4. The highest BCUT2D eigenvalue weighted by Crippen LogP contribution is 2.25. The Morgan fingerprint density at radius 2 is 1.79 bits per heavy atom. The molecule has 176 valence electrons. The van der Waals surface area contributed by atoms with E-state index in [9.17, 15) is 14.0 Å². The van der Waals surface area contributed by atoms with Crippen molar-refractivity contribution < 1.29 is 14.0 Å². The molecule has 1 saturated heterocycles. The van der Waals surface area contributed by atoms with Gasteiger partial charge in [0.2, 0.25) is 0 Å². The molecular formula is C25H25ClFN5O2. The van der Waals surface area contributed by atoms with E-state index in [-0.39, 0.29) is 18.4 Å². The first-order valence-electron chi connectivity index (χ1n) is 11.0. The predicted molar refractivity (Wildman–Crippen MR) is 130 cm³/mol. The van der Waals surface area contributed by atoms with Crippen molar-refractivity contribution in [1.29, 1.82) is 0 Å². The first-order chi connectivity index (χ1) is 16.5. The number of halogens is 2. The molecule has 0 saturated carbocycles. The average molecular weight is 482 g/mol. The second kappa shape index (κ2) is 11.1. The predicted octanol–water partition coefficient (Wildman–Crippen LogP) is 3.49. The Morgan fingerprint density at radius 3 is 2.50 bits per heavy atom. The summed E-state index contributed by atoms with van der Waals surface area (Å²) in [6.45, 7) is 2.84. The molecule has 0 aliphatic carbocycles. The Bertz CT molecular complexity index is 1140. The standard InChI is InChI=1S/C25H25ClFN5O2/c26-19-6-3-7-20(15-19)30-25(34)24(33)29-17-23(18-5-4-10-28-16-18)32-13-11-31(12-14-32)22-9-2-1-8-21(22)27/h1-10,15-16,23H,11-14,17H2,(H,29,33)(H,30,34)/t23-/m1/s1. The van der Waals surface area contributed by atoms with Crippen LogP contribution in [0.4, 0.5) is 15.8 Å². The topological polar surface area (TPSA) is 77.6 Å². The van der Waals surface area contributed by atoms with E-state index in [0.717, 1.165) is 5.56 Å². The van der Waals surface area contributed by atoms with Crippen LogP contribution in [0.15, 0.2) is 73.1 Å². The molecule has 1 atom stereocenters. The molecular weight excluding hydrogens is 457 g/mol. The zero-order valence-electron chi connectivity index (χ0n) is 18.5. The molecule has 0 radical (unpaired) electrons. The molecule has 0 bridgehead atoms. The lowest BCUT2D eigenvalue weighted by Crippen LogP contribution is -2.50. The van der Waals surface area contributed by atoms with Gasteiger partial charge in [0.1, 0.15) is 5.82 Å². The van der Waals surface area contributed by atoms with E-state index in [0.29, 0.717) is 42.6 Å². The van der Waals surface area contributed by atoms with Gasteiger partial charge in [-0.15, -0.1) is 0 Å². The summed E-state index contributed by atoms with van der Waals surface area (Å²) >= 11 is 5.93. The Labute approximate surface area is 202 Å². The highest BCUT2D eigenvalue weighted by molar-refractivity contribution is 6.39. The number of carbonyl (C=O) groups is 2. The monoisotopic (exact) mass is 481 g/mol. The third kappa shape index (κ3) is 5.89. The summed E-state index contributed by atoms with van der Waals surface area (Å²) in [5, 5.41) is 5.75. The molecule has 34 heavy (non-hydrogen) atoms. The van der Waals surface area contributed by atoms with Crippen LogP contribution in [0.5, 0.6) is 0 Å². The van der Waals surface area contributed by atoms with E-state index in [1.54, 1.807) is 48.8 Å². The Balaban J connectivity index is 1.39. The van der Waals surface area contributed by atoms with Crippen LogP contribution in [0, 0.1) is 5.82 Å². The van der Waals surface area contributed by atoms with Crippen molar-refractivity contribution in [3.63, 3.8) is 0 Å². The van der Waals surface area contributed by atoms with Crippen LogP contribution in [-0.2, 0) is 9.59 Å². The third-order valence-corrected chi connectivity index (χ3v) is 6.00. The number of amides is 2. The number of benzene rings is 2. The average Bonchev–Trinajstić information content (AvgIpc) is 2.85. The number of rotatable bonds is 6. The number of para-hydroxylation sites is 1. The number of pyridine rings is 1. The number of aromatic nitrogens is 1. The maximum atomic E-state index is 14.2. The van der Waals surface area contributed by atoms with E-state index in [4.69, 9.17) is 11.6 Å². The van der Waals surface area contributed by atoms with Gasteiger partial charge in [-0.3, -0.25) is 19.5 Å². The van der Waals surface area contributed by atoms with Gasteiger partial charge < -0.3 is 15.5 Å². The van der Waals surface area contributed by atoms with Crippen molar-refractivity contribution in [3.8, 4) is 0 Å². The van der Waals surface area contributed by atoms with Gasteiger partial charge in [0.25, 0.3) is 0 Å². The highest BCUT2D eigenvalue weighted by atomic mass is 35.5. The van der Waals surface area contributed by atoms with Gasteiger partial charge in [-0.05, 0) is 42.0 Å². The molecule has 1 aliphatic rings. The lowest BCUT2D eigenvalue weighted by molar-refractivity contribution is -0.136. The smallest absolute Gasteiger partial charge is 0.313 e. The largest absolute Gasteiger partial charge is 0.367 e. The SMILES string of the molecule is O=C(NC[C@H](c1cccnc1)N1CCN(c2ccccc2F)CC1)C(=O)Nc1cccc(Cl)c1. The minimum Gasteiger partial charge on any atom is -0.367 e. The number of hydrogen-bond acceptors (Lipinski definition) is 5. The fourth-order valence-electron chi connectivity index (χ4n) is 4.04. The minimum atomic E-state index is -0.767. The summed E-state index contributed by atoms with van der Waals surface area (Å²) in [6.07, 6.45) is 3.44. The van der Waals surface area contributed by atoms with Gasteiger partial charge in [0, 0.05) is 55.8 Å². The van der Waals surface area contributed by atoms with Crippen LogP contribution in [0.2, 0.25) is 5.02 Å². The van der Waals surface area contributed by atoms with Gasteiger partial charge in [-0.25, -0.2) is 4.39 Å². The number of nitrogens with zero attached hydrogens (tertiary/aromatic N) is 3. The van der Waals surface area contributed by atoms with E-state index in [2.05, 4.69) is 20.5 Å². The first kappa shape index (κ1) is 23.7. The molecule has 0 unspecified atom stereocenters. The van der Waals surface area contributed by atoms with Crippen LogP contribution in [-0.4, -0.2) is 54.4 Å². The normalized spacial score (nSPS) is 14.9. The summed E-state index contributed by atoms with van der Waals surface area (Å²) in [5.74, 6) is -1.74. The van der Waals surface area contributed by atoms with Gasteiger partial charge in [0.05, 0.1) is 11.7 Å². The third-order valence-electron chi connectivity index (χ3n) is 5.76. The molecule has 2 N–H and O–H groups in total. The molecule has 1 aliphatic heterocycles. The molecule has 9 heteroatoms. The van der Waals surface area contributed by atoms with Gasteiger partial charge >= 0.3 is 11.8 Å². The number of hydrogen-bond donors (Lipinski definition) is 2. The van der Waals surface area contributed by atoms with Crippen LogP contribution >= 0.6 is 11.6 Å². The summed E-state index contributed by atoms with van der Waals surface area (Å²) in [7, 11) is 0. The number of piperazine rings is 1. The number of nitrogens with one attached hydrogen (secondary N) is 2. The quantitative estimate of drug-likeness (QED) is 0.527. The molecule has 4 rings (SSSR count). The van der Waals surface area contributed by atoms with E-state index >= 15 is 0 Å². The summed E-state index contributed by atoms with van der Waals surface area (Å²) in [5.41, 5.74) is 1.96. The maximum Gasteiger partial charge on any atom is 0.313 e. The molecule has 3 aromatic rings. The van der Waals surface area contributed by atoms with Crippen molar-refractivity contribution in [2.75, 3.05) is 42.9 Å². The van der Waals surface area contributed by atoms with Crippen molar-refractivity contribution in [3.05, 3.63) is 89.5 Å². The molecule has 1 aromatic heterocycles. The van der Waals surface area contributed by atoms with Crippen molar-refractivity contribution >= 4 is 34.8 Å². The fourth-order valence-corrected chi connectivity index (χ4v) is 4.23. The van der Waals surface area contributed by atoms with Crippen LogP contribution in [0.25, 0.3) is 0 Å². The second-order valence-electron chi connectivity index (χ2n) is 7.95. The summed E-state index contributed by atoms with van der Waals surface area (Å²) in [6, 6.07) is 16.9. The van der Waals surface area contributed by atoms with Crippen LogP contribution in [0.3, 0.4) is 0 Å². The zero-order chi connectivity index (χ0) is 23.9. The fraction of sp³-hybridized carbons (Fsp3) is 0.240. The van der Waals surface area contributed by atoms with Crippen molar-refractivity contribution in [2.45, 2.75) is 6.04 Å². The second-order valence-corrected chi connectivity index (χ2v) is 8.39. The van der Waals surface area contributed by atoms with Crippen molar-refractivity contribution in [1.82, 2.24) is 15.2 Å². The molecule has 2 heterocycles. The van der Waals surface area contributed by atoms with Crippen molar-refractivity contribution in [2.24, 2.45) is 0 Å². The Kier molecular flexibility index (Phi) is 7.72. The van der Waals surface area contributed by atoms with E-state index in [1.807, 2.05) is 23.1 Å².